The van der Waals surface area contributed by atoms with E-state index in [0.29, 0.717) is 32.1 Å². The first kappa shape index (κ1) is 20.3. The number of aromatic nitrogens is 3. The Morgan fingerprint density at radius 1 is 1.39 bits per heavy atom. The molecule has 0 aliphatic carbocycles. The maximum atomic E-state index is 12.7. The van der Waals surface area contributed by atoms with Crippen LogP contribution in [0, 0.1) is 0 Å². The third kappa shape index (κ3) is 4.19. The molecule has 1 aromatic carbocycles. The maximum absolute atomic E-state index is 12.7. The number of H-pyrrole nitrogens is 1. The number of halogens is 2. The highest BCUT2D eigenvalue weighted by Gasteiger charge is 2.21. The molecule has 0 aliphatic rings. The highest BCUT2D eigenvalue weighted by molar-refractivity contribution is 9.10. The van der Waals surface area contributed by atoms with Crippen molar-refractivity contribution in [3.8, 4) is 22.6 Å². The van der Waals surface area contributed by atoms with E-state index < -0.39 is 0 Å². The number of aliphatic hydroxyl groups is 1. The van der Waals surface area contributed by atoms with Crippen molar-refractivity contribution in [2.75, 3.05) is 18.9 Å². The molecule has 0 aliphatic heterocycles. The standard InChI is InChI=1S/C19H19BrClN5O2/c1-2-10-3-4-11(21)7-12(10)16-13(18(28)23-5-6-27)8-15(25-16)17-14(20)9-24-19(22)26-17/h3-4,7-9,25,27H,2,5-6H2,1H3,(H,23,28)(H2,22,24,26). The van der Waals surface area contributed by atoms with Gasteiger partial charge in [0.2, 0.25) is 5.95 Å². The summed E-state index contributed by atoms with van der Waals surface area (Å²) in [5, 5.41) is 12.3. The van der Waals surface area contributed by atoms with Crippen LogP contribution in [-0.2, 0) is 6.42 Å². The Bertz CT molecular complexity index is 1020. The van der Waals surface area contributed by atoms with Crippen molar-refractivity contribution < 1.29 is 9.90 Å². The fraction of sp³-hybridized carbons (Fsp3) is 0.211. The van der Waals surface area contributed by atoms with Gasteiger partial charge < -0.3 is 21.1 Å². The average Bonchev–Trinajstić information content (AvgIpc) is 3.13. The zero-order chi connectivity index (χ0) is 20.3. The molecule has 0 bridgehead atoms. The minimum atomic E-state index is -0.313. The average molecular weight is 465 g/mol. The minimum Gasteiger partial charge on any atom is -0.395 e. The van der Waals surface area contributed by atoms with Gasteiger partial charge in [-0.2, -0.15) is 0 Å². The van der Waals surface area contributed by atoms with E-state index in [1.165, 1.54) is 0 Å². The molecular weight excluding hydrogens is 446 g/mol. The number of nitrogens with one attached hydrogen (secondary N) is 2. The topological polar surface area (TPSA) is 117 Å². The minimum absolute atomic E-state index is 0.123. The third-order valence-electron chi connectivity index (χ3n) is 4.20. The normalized spacial score (nSPS) is 10.9. The fourth-order valence-electron chi connectivity index (χ4n) is 2.90. The van der Waals surface area contributed by atoms with Crippen LogP contribution in [0.2, 0.25) is 5.02 Å². The first-order valence-electron chi connectivity index (χ1n) is 8.63. The van der Waals surface area contributed by atoms with Crippen molar-refractivity contribution in [2.45, 2.75) is 13.3 Å². The first-order chi connectivity index (χ1) is 13.4. The number of hydrogen-bond donors (Lipinski definition) is 4. The SMILES string of the molecule is CCc1ccc(Cl)cc1-c1[nH]c(-c2nc(N)ncc2Br)cc1C(=O)NCCO. The van der Waals surface area contributed by atoms with Gasteiger partial charge in [-0.25, -0.2) is 9.97 Å². The molecule has 0 saturated heterocycles. The van der Waals surface area contributed by atoms with Gasteiger partial charge in [0.15, 0.2) is 0 Å². The van der Waals surface area contributed by atoms with Crippen LogP contribution < -0.4 is 11.1 Å². The van der Waals surface area contributed by atoms with E-state index in [9.17, 15) is 4.79 Å². The number of nitrogens with zero attached hydrogens (tertiary/aromatic N) is 2. The zero-order valence-corrected chi connectivity index (χ0v) is 17.4. The summed E-state index contributed by atoms with van der Waals surface area (Å²) < 4.78 is 0.638. The number of benzene rings is 1. The second-order valence-corrected chi connectivity index (χ2v) is 7.32. The molecule has 2 heterocycles. The molecule has 146 valence electrons. The van der Waals surface area contributed by atoms with E-state index >= 15 is 0 Å². The second kappa shape index (κ2) is 8.72. The van der Waals surface area contributed by atoms with Crippen molar-refractivity contribution in [2.24, 2.45) is 0 Å². The molecule has 1 amide bonds. The molecule has 2 aromatic heterocycles. The molecule has 0 radical (unpaired) electrons. The predicted octanol–water partition coefficient (Wildman–Crippen LogP) is 3.42. The lowest BCUT2D eigenvalue weighted by molar-refractivity contribution is 0.0945. The van der Waals surface area contributed by atoms with Crippen molar-refractivity contribution in [3.63, 3.8) is 0 Å². The van der Waals surface area contributed by atoms with Crippen LogP contribution in [0.15, 0.2) is 34.9 Å². The number of aryl methyl sites for hydroxylation is 1. The fourth-order valence-corrected chi connectivity index (χ4v) is 3.47. The third-order valence-corrected chi connectivity index (χ3v) is 5.02. The van der Waals surface area contributed by atoms with Crippen LogP contribution in [0.5, 0.6) is 0 Å². The van der Waals surface area contributed by atoms with Gasteiger partial charge in [0.1, 0.15) is 5.69 Å². The lowest BCUT2D eigenvalue weighted by atomic mass is 9.99. The van der Waals surface area contributed by atoms with Gasteiger partial charge in [-0.1, -0.05) is 24.6 Å². The largest absolute Gasteiger partial charge is 0.395 e. The van der Waals surface area contributed by atoms with Crippen LogP contribution in [-0.4, -0.2) is 39.1 Å². The van der Waals surface area contributed by atoms with E-state index in [4.69, 9.17) is 22.4 Å². The van der Waals surface area contributed by atoms with E-state index in [1.54, 1.807) is 12.3 Å². The van der Waals surface area contributed by atoms with Gasteiger partial charge in [0.25, 0.3) is 5.91 Å². The molecule has 28 heavy (non-hydrogen) atoms. The van der Waals surface area contributed by atoms with E-state index in [2.05, 4.69) is 36.2 Å². The summed E-state index contributed by atoms with van der Waals surface area (Å²) in [4.78, 5) is 24.2. The van der Waals surface area contributed by atoms with Gasteiger partial charge in [-0.3, -0.25) is 4.79 Å². The Morgan fingerprint density at radius 2 is 2.18 bits per heavy atom. The molecule has 9 heteroatoms. The van der Waals surface area contributed by atoms with Crippen molar-refractivity contribution in [1.82, 2.24) is 20.3 Å². The molecule has 0 saturated carbocycles. The molecule has 0 unspecified atom stereocenters. The number of nitrogen functional groups attached to an aromatic ring is 1. The summed E-state index contributed by atoms with van der Waals surface area (Å²) in [6, 6.07) is 7.28. The van der Waals surface area contributed by atoms with Gasteiger partial charge >= 0.3 is 0 Å². The summed E-state index contributed by atoms with van der Waals surface area (Å²) in [6.45, 7) is 2.03. The number of aromatic amines is 1. The highest BCUT2D eigenvalue weighted by atomic mass is 79.9. The molecule has 3 aromatic rings. The van der Waals surface area contributed by atoms with Crippen LogP contribution in [0.25, 0.3) is 22.6 Å². The maximum Gasteiger partial charge on any atom is 0.253 e. The number of hydrogen-bond acceptors (Lipinski definition) is 5. The molecule has 3 rings (SSSR count). The van der Waals surface area contributed by atoms with Crippen molar-refractivity contribution in [1.29, 1.82) is 0 Å². The number of carbonyl (C=O) groups is 1. The molecule has 5 N–H and O–H groups in total. The van der Waals surface area contributed by atoms with Crippen LogP contribution in [0.3, 0.4) is 0 Å². The lowest BCUT2D eigenvalue weighted by Crippen LogP contribution is -2.26. The zero-order valence-electron chi connectivity index (χ0n) is 15.1. The van der Waals surface area contributed by atoms with Crippen LogP contribution in [0.1, 0.15) is 22.8 Å². The summed E-state index contributed by atoms with van der Waals surface area (Å²) in [5.41, 5.74) is 9.78. The summed E-state index contributed by atoms with van der Waals surface area (Å²) >= 11 is 9.64. The Kier molecular flexibility index (Phi) is 6.33. The number of anilines is 1. The quantitative estimate of drug-likeness (QED) is 0.446. The Balaban J connectivity index is 2.20. The molecule has 0 spiro atoms. The lowest BCUT2D eigenvalue weighted by Gasteiger charge is -2.10. The van der Waals surface area contributed by atoms with Gasteiger partial charge in [-0.15, -0.1) is 0 Å². The van der Waals surface area contributed by atoms with Crippen LogP contribution in [0.4, 0.5) is 5.95 Å². The first-order valence-corrected chi connectivity index (χ1v) is 9.81. The van der Waals surface area contributed by atoms with E-state index in [0.717, 1.165) is 17.5 Å². The smallest absolute Gasteiger partial charge is 0.253 e. The van der Waals surface area contributed by atoms with Crippen molar-refractivity contribution in [3.05, 3.63) is 51.1 Å². The number of amides is 1. The Morgan fingerprint density at radius 3 is 2.89 bits per heavy atom. The number of nitrogens with two attached hydrogens (primary N) is 1. The Labute approximate surface area is 175 Å². The molecule has 0 atom stereocenters. The second-order valence-electron chi connectivity index (χ2n) is 6.03. The number of rotatable bonds is 6. The van der Waals surface area contributed by atoms with Crippen molar-refractivity contribution >= 4 is 39.4 Å². The molecular formula is C19H19BrClN5O2. The number of aliphatic hydroxyl groups excluding tert-OH is 1. The summed E-state index contributed by atoms with van der Waals surface area (Å²) in [7, 11) is 0. The Hall–Kier alpha value is -2.42. The van der Waals surface area contributed by atoms with Crippen LogP contribution >= 0.6 is 27.5 Å². The molecule has 0 fully saturated rings. The number of carbonyl (C=O) groups excluding carboxylic acids is 1. The van der Waals surface area contributed by atoms with E-state index in [-0.39, 0.29) is 25.0 Å². The summed E-state index contributed by atoms with van der Waals surface area (Å²) in [5.74, 6) is -0.190. The van der Waals surface area contributed by atoms with Gasteiger partial charge in [0.05, 0.1) is 28.0 Å². The monoisotopic (exact) mass is 463 g/mol. The van der Waals surface area contributed by atoms with Gasteiger partial charge in [0, 0.05) is 23.3 Å². The predicted molar refractivity (Wildman–Crippen MR) is 113 cm³/mol. The van der Waals surface area contributed by atoms with Gasteiger partial charge in [-0.05, 0) is 46.1 Å². The summed E-state index contributed by atoms with van der Waals surface area (Å²) in [6.07, 6.45) is 2.32. The van der Waals surface area contributed by atoms with E-state index in [1.807, 2.05) is 25.1 Å². The highest BCUT2D eigenvalue weighted by Crippen LogP contribution is 2.34. The molecule has 7 nitrogen and oxygen atoms in total.